The molecule has 4 rings (SSSR count). The Morgan fingerprint density at radius 1 is 0.800 bits per heavy atom. The molecule has 122 valence electrons. The maximum atomic E-state index is 4.52. The smallest absolute Gasteiger partial charge is 0.229 e. The third-order valence-corrected chi connectivity index (χ3v) is 4.13. The van der Waals surface area contributed by atoms with Crippen LogP contribution >= 0.6 is 15.9 Å². The summed E-state index contributed by atoms with van der Waals surface area (Å²) >= 11 is 3.46. The van der Waals surface area contributed by atoms with Gasteiger partial charge in [-0.2, -0.15) is 4.98 Å². The Morgan fingerprint density at radius 3 is 2.60 bits per heavy atom. The normalized spacial score (nSPS) is 10.6. The summed E-state index contributed by atoms with van der Waals surface area (Å²) in [6.07, 6.45) is 3.50. The number of nitrogens with one attached hydrogen (secondary N) is 2. The second-order valence-electron chi connectivity index (χ2n) is 5.41. The van der Waals surface area contributed by atoms with Gasteiger partial charge in [-0.25, -0.2) is 4.98 Å². The van der Waals surface area contributed by atoms with E-state index in [4.69, 9.17) is 0 Å². The molecule has 0 bridgehead atoms. The lowest BCUT2D eigenvalue weighted by atomic mass is 10.2. The quantitative estimate of drug-likeness (QED) is 0.495. The number of hydrogen-bond donors (Lipinski definition) is 2. The molecule has 0 saturated carbocycles. The Kier molecular flexibility index (Phi) is 4.26. The van der Waals surface area contributed by atoms with Crippen molar-refractivity contribution in [3.63, 3.8) is 0 Å². The molecule has 0 fully saturated rings. The summed E-state index contributed by atoms with van der Waals surface area (Å²) in [5.74, 6) is 1.22. The molecule has 0 saturated heterocycles. The Bertz CT molecular complexity index is 1030. The first kappa shape index (κ1) is 15.5. The molecule has 0 spiro atoms. The monoisotopic (exact) mass is 391 g/mol. The number of halogens is 1. The maximum Gasteiger partial charge on any atom is 0.229 e. The molecule has 0 atom stereocenters. The van der Waals surface area contributed by atoms with Gasteiger partial charge in [-0.1, -0.05) is 40.2 Å². The summed E-state index contributed by atoms with van der Waals surface area (Å²) in [6.45, 7) is 0. The number of anilines is 4. The van der Waals surface area contributed by atoms with Gasteiger partial charge in [0.2, 0.25) is 5.95 Å². The zero-order valence-electron chi connectivity index (χ0n) is 13.1. The van der Waals surface area contributed by atoms with Gasteiger partial charge in [0.15, 0.2) is 0 Å². The lowest BCUT2D eigenvalue weighted by Crippen LogP contribution is -2.01. The number of para-hydroxylation sites is 1. The molecule has 2 heterocycles. The second kappa shape index (κ2) is 6.86. The highest BCUT2D eigenvalue weighted by atomic mass is 79.9. The van der Waals surface area contributed by atoms with E-state index in [1.165, 1.54) is 0 Å². The van der Waals surface area contributed by atoms with Crippen molar-refractivity contribution < 1.29 is 0 Å². The van der Waals surface area contributed by atoms with Crippen molar-refractivity contribution in [2.75, 3.05) is 10.6 Å². The molecule has 5 nitrogen and oxygen atoms in total. The van der Waals surface area contributed by atoms with Crippen LogP contribution in [0, 0.1) is 0 Å². The van der Waals surface area contributed by atoms with Crippen molar-refractivity contribution in [3.8, 4) is 0 Å². The minimum atomic E-state index is 0.524. The molecule has 25 heavy (non-hydrogen) atoms. The Hall–Kier alpha value is -2.99. The van der Waals surface area contributed by atoms with Crippen LogP contribution in [0.2, 0.25) is 0 Å². The van der Waals surface area contributed by atoms with Gasteiger partial charge in [0.25, 0.3) is 0 Å². The lowest BCUT2D eigenvalue weighted by Gasteiger charge is -2.10. The first-order valence-corrected chi connectivity index (χ1v) is 8.54. The molecule has 0 amide bonds. The van der Waals surface area contributed by atoms with Crippen LogP contribution in [0.5, 0.6) is 0 Å². The van der Waals surface area contributed by atoms with E-state index in [0.29, 0.717) is 11.8 Å². The van der Waals surface area contributed by atoms with Crippen LogP contribution in [0.1, 0.15) is 0 Å². The first-order valence-electron chi connectivity index (χ1n) is 7.74. The molecule has 0 radical (unpaired) electrons. The summed E-state index contributed by atoms with van der Waals surface area (Å²) in [5.41, 5.74) is 2.73. The van der Waals surface area contributed by atoms with E-state index >= 15 is 0 Å². The van der Waals surface area contributed by atoms with Crippen LogP contribution in [0.15, 0.2) is 77.5 Å². The number of hydrogen-bond acceptors (Lipinski definition) is 5. The lowest BCUT2D eigenvalue weighted by molar-refractivity contribution is 1.17. The third kappa shape index (κ3) is 3.59. The predicted molar refractivity (Wildman–Crippen MR) is 104 cm³/mol. The van der Waals surface area contributed by atoms with Gasteiger partial charge in [0, 0.05) is 27.9 Å². The number of rotatable bonds is 4. The van der Waals surface area contributed by atoms with Gasteiger partial charge in [-0.15, -0.1) is 0 Å². The number of aromatic nitrogens is 3. The summed E-state index contributed by atoms with van der Waals surface area (Å²) < 4.78 is 0.994. The van der Waals surface area contributed by atoms with E-state index in [9.17, 15) is 0 Å². The van der Waals surface area contributed by atoms with Crippen LogP contribution in [0.3, 0.4) is 0 Å². The van der Waals surface area contributed by atoms with Crippen molar-refractivity contribution in [2.24, 2.45) is 0 Å². The Labute approximate surface area is 153 Å². The van der Waals surface area contributed by atoms with Crippen molar-refractivity contribution in [1.82, 2.24) is 15.0 Å². The van der Waals surface area contributed by atoms with E-state index in [1.807, 2.05) is 60.7 Å². The van der Waals surface area contributed by atoms with E-state index in [-0.39, 0.29) is 0 Å². The molecule has 4 aromatic rings. The van der Waals surface area contributed by atoms with Crippen molar-refractivity contribution in [2.45, 2.75) is 0 Å². The third-order valence-electron chi connectivity index (χ3n) is 3.63. The zero-order chi connectivity index (χ0) is 17.1. The van der Waals surface area contributed by atoms with Crippen LogP contribution in [-0.2, 0) is 0 Å². The topological polar surface area (TPSA) is 62.7 Å². The second-order valence-corrected chi connectivity index (χ2v) is 6.32. The number of pyridine rings is 1. The molecule has 0 unspecified atom stereocenters. The summed E-state index contributed by atoms with van der Waals surface area (Å²) in [7, 11) is 0. The van der Waals surface area contributed by atoms with Crippen LogP contribution in [0.4, 0.5) is 23.1 Å². The van der Waals surface area contributed by atoms with E-state index in [1.54, 1.807) is 12.4 Å². The minimum Gasteiger partial charge on any atom is -0.338 e. The fourth-order valence-electron chi connectivity index (χ4n) is 2.53. The highest BCUT2D eigenvalue weighted by Crippen LogP contribution is 2.24. The number of benzene rings is 2. The average Bonchev–Trinajstić information content (AvgIpc) is 2.62. The summed E-state index contributed by atoms with van der Waals surface area (Å²) in [4.78, 5) is 13.2. The van der Waals surface area contributed by atoms with Crippen LogP contribution < -0.4 is 10.6 Å². The highest BCUT2D eigenvalue weighted by molar-refractivity contribution is 9.10. The molecule has 6 heteroatoms. The molecular weight excluding hydrogens is 378 g/mol. The summed E-state index contributed by atoms with van der Waals surface area (Å²) in [6, 6.07) is 19.7. The van der Waals surface area contributed by atoms with E-state index in [0.717, 1.165) is 26.8 Å². The zero-order valence-corrected chi connectivity index (χ0v) is 14.7. The Morgan fingerprint density at radius 2 is 1.68 bits per heavy atom. The molecular formula is C19H14BrN5. The summed E-state index contributed by atoms with van der Waals surface area (Å²) in [5, 5.41) is 7.60. The largest absolute Gasteiger partial charge is 0.338 e. The fourth-order valence-corrected chi connectivity index (χ4v) is 2.93. The SMILES string of the molecule is Brc1cccc(Nc2nccc(Nc3cccc4cccnc34)n2)c1. The Balaban J connectivity index is 1.61. The van der Waals surface area contributed by atoms with E-state index in [2.05, 4.69) is 41.5 Å². The predicted octanol–water partition coefficient (Wildman–Crippen LogP) is 5.27. The van der Waals surface area contributed by atoms with Crippen molar-refractivity contribution >= 4 is 50.0 Å². The molecule has 2 aromatic heterocycles. The fraction of sp³-hybridized carbons (Fsp3) is 0. The van der Waals surface area contributed by atoms with Crippen LogP contribution in [-0.4, -0.2) is 15.0 Å². The first-order chi connectivity index (χ1) is 12.3. The van der Waals surface area contributed by atoms with Crippen LogP contribution in [0.25, 0.3) is 10.9 Å². The number of nitrogens with zero attached hydrogens (tertiary/aromatic N) is 3. The molecule has 2 N–H and O–H groups in total. The van der Waals surface area contributed by atoms with Gasteiger partial charge >= 0.3 is 0 Å². The molecule has 0 aliphatic heterocycles. The minimum absolute atomic E-state index is 0.524. The van der Waals surface area contributed by atoms with Gasteiger partial charge in [0.1, 0.15) is 5.82 Å². The van der Waals surface area contributed by atoms with Gasteiger partial charge in [0.05, 0.1) is 11.2 Å². The van der Waals surface area contributed by atoms with Gasteiger partial charge < -0.3 is 10.6 Å². The highest BCUT2D eigenvalue weighted by Gasteiger charge is 2.05. The van der Waals surface area contributed by atoms with Crippen molar-refractivity contribution in [1.29, 1.82) is 0 Å². The number of fused-ring (bicyclic) bond motifs is 1. The van der Waals surface area contributed by atoms with Gasteiger partial charge in [-0.3, -0.25) is 4.98 Å². The van der Waals surface area contributed by atoms with E-state index < -0.39 is 0 Å². The standard InChI is InChI=1S/C19H14BrN5/c20-14-6-2-7-15(12-14)23-19-22-11-9-17(25-19)24-16-8-1-4-13-5-3-10-21-18(13)16/h1-12H,(H2,22,23,24,25). The maximum absolute atomic E-state index is 4.52. The van der Waals surface area contributed by atoms with Crippen molar-refractivity contribution in [3.05, 3.63) is 77.5 Å². The molecule has 2 aromatic carbocycles. The van der Waals surface area contributed by atoms with Gasteiger partial charge in [-0.05, 0) is 36.4 Å². The molecule has 0 aliphatic carbocycles. The molecule has 0 aliphatic rings. The average molecular weight is 392 g/mol.